The Labute approximate surface area is 125 Å². The van der Waals surface area contributed by atoms with Crippen LogP contribution < -0.4 is 5.73 Å². The molecule has 3 N–H and O–H groups in total. The molecule has 1 aromatic carbocycles. The van der Waals surface area contributed by atoms with Crippen molar-refractivity contribution in [1.29, 1.82) is 0 Å². The minimum absolute atomic E-state index is 0.0914. The van der Waals surface area contributed by atoms with Crippen LogP contribution in [0, 0.1) is 5.92 Å². The van der Waals surface area contributed by atoms with Crippen LogP contribution in [0.1, 0.15) is 41.9 Å². The van der Waals surface area contributed by atoms with E-state index < -0.39 is 0 Å². The number of nitrogens with one attached hydrogen (secondary N) is 1. The molecular formula is C17H23N3O. The van der Waals surface area contributed by atoms with Crippen molar-refractivity contribution in [3.63, 3.8) is 0 Å². The molecule has 21 heavy (non-hydrogen) atoms. The molecule has 0 aliphatic carbocycles. The van der Waals surface area contributed by atoms with Crippen LogP contribution in [-0.2, 0) is 6.42 Å². The molecule has 112 valence electrons. The first-order chi connectivity index (χ1) is 10.3. The fourth-order valence-corrected chi connectivity index (χ4v) is 2.58. The summed E-state index contributed by atoms with van der Waals surface area (Å²) in [6.07, 6.45) is 7.88. The summed E-state index contributed by atoms with van der Waals surface area (Å²) in [4.78, 5) is 19.2. The van der Waals surface area contributed by atoms with Gasteiger partial charge in [0.2, 0.25) is 0 Å². The fraction of sp³-hybridized carbons (Fsp3) is 0.412. The van der Waals surface area contributed by atoms with E-state index in [1.165, 1.54) is 5.56 Å². The number of nitrogens with zero attached hydrogens (tertiary/aromatic N) is 1. The average molecular weight is 285 g/mol. The molecule has 0 bridgehead atoms. The van der Waals surface area contributed by atoms with Gasteiger partial charge in [-0.25, -0.2) is 4.98 Å². The number of rotatable bonds is 9. The van der Waals surface area contributed by atoms with Gasteiger partial charge in [-0.2, -0.15) is 0 Å². The number of Topliss-reactive ketones (excluding diaryl/α,β-unsaturated/α-hetero) is 1. The molecular weight excluding hydrogens is 262 g/mol. The quantitative estimate of drug-likeness (QED) is 0.549. The van der Waals surface area contributed by atoms with Gasteiger partial charge in [0, 0.05) is 18.8 Å². The molecule has 2 rings (SSSR count). The second kappa shape index (κ2) is 8.37. The summed E-state index contributed by atoms with van der Waals surface area (Å²) < 4.78 is 0. The van der Waals surface area contributed by atoms with Gasteiger partial charge < -0.3 is 10.7 Å². The molecule has 1 atom stereocenters. The van der Waals surface area contributed by atoms with Gasteiger partial charge in [-0.15, -0.1) is 0 Å². The molecule has 1 unspecified atom stereocenters. The van der Waals surface area contributed by atoms with Crippen molar-refractivity contribution in [3.8, 4) is 0 Å². The molecule has 1 heterocycles. The molecule has 0 aliphatic rings. The van der Waals surface area contributed by atoms with E-state index >= 15 is 0 Å². The van der Waals surface area contributed by atoms with Crippen LogP contribution in [0.15, 0.2) is 42.7 Å². The van der Waals surface area contributed by atoms with Crippen molar-refractivity contribution in [2.45, 2.75) is 32.1 Å². The number of imidazole rings is 1. The van der Waals surface area contributed by atoms with Crippen molar-refractivity contribution < 1.29 is 4.79 Å². The highest BCUT2D eigenvalue weighted by Gasteiger charge is 2.17. The third-order valence-electron chi connectivity index (χ3n) is 3.67. The number of hydrogen-bond donors (Lipinski definition) is 2. The molecule has 0 saturated carbocycles. The molecule has 4 heteroatoms. The zero-order valence-electron chi connectivity index (χ0n) is 12.3. The molecule has 1 aromatic heterocycles. The van der Waals surface area contributed by atoms with Crippen molar-refractivity contribution in [2.24, 2.45) is 11.7 Å². The SMILES string of the molecule is NCCCCC(CC(=O)c1ncc[nH]1)Cc1ccccc1. The minimum Gasteiger partial charge on any atom is -0.342 e. The van der Waals surface area contributed by atoms with E-state index in [0.717, 1.165) is 25.7 Å². The summed E-state index contributed by atoms with van der Waals surface area (Å²) in [6.45, 7) is 0.712. The van der Waals surface area contributed by atoms with Crippen LogP contribution in [-0.4, -0.2) is 22.3 Å². The Morgan fingerprint density at radius 3 is 2.71 bits per heavy atom. The average Bonchev–Trinajstić information content (AvgIpc) is 3.03. The zero-order valence-corrected chi connectivity index (χ0v) is 12.3. The number of benzene rings is 1. The highest BCUT2D eigenvalue weighted by atomic mass is 16.1. The molecule has 0 spiro atoms. The number of carbonyl (C=O) groups excluding carboxylic acids is 1. The van der Waals surface area contributed by atoms with E-state index in [-0.39, 0.29) is 5.78 Å². The van der Waals surface area contributed by atoms with Crippen LogP contribution in [0.5, 0.6) is 0 Å². The number of aromatic amines is 1. The van der Waals surface area contributed by atoms with E-state index in [1.807, 2.05) is 18.2 Å². The second-order valence-electron chi connectivity index (χ2n) is 5.41. The lowest BCUT2D eigenvalue weighted by atomic mass is 9.89. The lowest BCUT2D eigenvalue weighted by Gasteiger charge is -2.15. The van der Waals surface area contributed by atoms with Crippen molar-refractivity contribution in [1.82, 2.24) is 9.97 Å². The van der Waals surface area contributed by atoms with Gasteiger partial charge >= 0.3 is 0 Å². The third kappa shape index (κ3) is 5.16. The predicted molar refractivity (Wildman–Crippen MR) is 84.1 cm³/mol. The standard InChI is InChI=1S/C17H23N3O/c18-9-5-4-8-15(12-14-6-2-1-3-7-14)13-16(21)17-19-10-11-20-17/h1-3,6-7,10-11,15H,4-5,8-9,12-13,18H2,(H,19,20). The first-order valence-corrected chi connectivity index (χ1v) is 7.56. The minimum atomic E-state index is 0.0914. The maximum atomic E-state index is 12.2. The van der Waals surface area contributed by atoms with Crippen molar-refractivity contribution in [2.75, 3.05) is 6.54 Å². The van der Waals surface area contributed by atoms with Gasteiger partial charge in [0.05, 0.1) is 0 Å². The molecule has 4 nitrogen and oxygen atoms in total. The van der Waals surface area contributed by atoms with Crippen molar-refractivity contribution in [3.05, 3.63) is 54.1 Å². The number of H-pyrrole nitrogens is 1. The van der Waals surface area contributed by atoms with Crippen LogP contribution in [0.2, 0.25) is 0 Å². The van der Waals surface area contributed by atoms with Crippen molar-refractivity contribution >= 4 is 5.78 Å². The van der Waals surface area contributed by atoms with Crippen LogP contribution in [0.25, 0.3) is 0 Å². The van der Waals surface area contributed by atoms with E-state index in [4.69, 9.17) is 5.73 Å². The number of ketones is 1. The smallest absolute Gasteiger partial charge is 0.198 e. The molecule has 0 amide bonds. The summed E-state index contributed by atoms with van der Waals surface area (Å²) in [5.74, 6) is 0.900. The lowest BCUT2D eigenvalue weighted by molar-refractivity contribution is 0.0949. The highest BCUT2D eigenvalue weighted by molar-refractivity contribution is 5.92. The fourth-order valence-electron chi connectivity index (χ4n) is 2.58. The van der Waals surface area contributed by atoms with E-state index in [2.05, 4.69) is 22.1 Å². The third-order valence-corrected chi connectivity index (χ3v) is 3.67. The Morgan fingerprint density at radius 2 is 2.05 bits per heavy atom. The van der Waals surface area contributed by atoms with E-state index in [9.17, 15) is 4.79 Å². The Kier molecular flexibility index (Phi) is 6.16. The largest absolute Gasteiger partial charge is 0.342 e. The van der Waals surface area contributed by atoms with E-state index in [0.29, 0.717) is 24.7 Å². The maximum absolute atomic E-state index is 12.2. The number of unbranched alkanes of at least 4 members (excludes halogenated alkanes) is 1. The number of carbonyl (C=O) groups is 1. The molecule has 0 aliphatic heterocycles. The molecule has 2 aromatic rings. The summed E-state index contributed by atoms with van der Waals surface area (Å²) >= 11 is 0. The summed E-state index contributed by atoms with van der Waals surface area (Å²) in [6, 6.07) is 10.3. The van der Waals surface area contributed by atoms with Gasteiger partial charge in [-0.1, -0.05) is 36.8 Å². The maximum Gasteiger partial charge on any atom is 0.198 e. The molecule has 0 saturated heterocycles. The van der Waals surface area contributed by atoms with Gasteiger partial charge in [0.25, 0.3) is 0 Å². The highest BCUT2D eigenvalue weighted by Crippen LogP contribution is 2.20. The first-order valence-electron chi connectivity index (χ1n) is 7.56. The van der Waals surface area contributed by atoms with E-state index in [1.54, 1.807) is 12.4 Å². The summed E-state index contributed by atoms with van der Waals surface area (Å²) in [5, 5.41) is 0. The normalized spacial score (nSPS) is 12.2. The lowest BCUT2D eigenvalue weighted by Crippen LogP contribution is -2.13. The first kappa shape index (κ1) is 15.4. The van der Waals surface area contributed by atoms with Gasteiger partial charge in [-0.3, -0.25) is 4.79 Å². The van der Waals surface area contributed by atoms with Crippen LogP contribution >= 0.6 is 0 Å². The number of hydrogen-bond acceptors (Lipinski definition) is 3. The summed E-state index contributed by atoms with van der Waals surface area (Å²) in [7, 11) is 0. The Bertz CT molecular complexity index is 522. The summed E-state index contributed by atoms with van der Waals surface area (Å²) in [5.41, 5.74) is 6.84. The zero-order chi connectivity index (χ0) is 14.9. The van der Waals surface area contributed by atoms with Gasteiger partial charge in [0.1, 0.15) is 0 Å². The second-order valence-corrected chi connectivity index (χ2v) is 5.41. The van der Waals surface area contributed by atoms with Gasteiger partial charge in [-0.05, 0) is 37.3 Å². The Hall–Kier alpha value is -1.94. The van der Waals surface area contributed by atoms with Gasteiger partial charge in [0.15, 0.2) is 11.6 Å². The number of aromatic nitrogens is 2. The molecule has 0 radical (unpaired) electrons. The van der Waals surface area contributed by atoms with Crippen LogP contribution in [0.3, 0.4) is 0 Å². The topological polar surface area (TPSA) is 71.8 Å². The Balaban J connectivity index is 1.96. The Morgan fingerprint density at radius 1 is 1.24 bits per heavy atom. The predicted octanol–water partition coefficient (Wildman–Crippen LogP) is 2.97. The van der Waals surface area contributed by atoms with Crippen LogP contribution in [0.4, 0.5) is 0 Å². The molecule has 0 fully saturated rings. The number of nitrogens with two attached hydrogens (primary N) is 1. The monoisotopic (exact) mass is 285 g/mol.